The van der Waals surface area contributed by atoms with Gasteiger partial charge in [0.1, 0.15) is 0 Å². The van der Waals surface area contributed by atoms with E-state index in [4.69, 9.17) is 5.73 Å². The first-order chi connectivity index (χ1) is 8.11. The number of carbonyl (C=O) groups excluding carboxylic acids is 1. The Labute approximate surface area is 103 Å². The third kappa shape index (κ3) is 5.47. The van der Waals surface area contributed by atoms with Crippen LogP contribution in [0.2, 0.25) is 0 Å². The second-order valence-electron chi connectivity index (χ2n) is 4.30. The number of nitrogens with one attached hydrogen (secondary N) is 1. The number of aryl methyl sites for hydroxylation is 1. The Hall–Kier alpha value is -1.39. The molecule has 0 radical (unpaired) electrons. The van der Waals surface area contributed by atoms with Crippen LogP contribution in [0.3, 0.4) is 0 Å². The molecule has 0 unspecified atom stereocenters. The number of hydrogen-bond acceptors (Lipinski definition) is 3. The molecule has 0 aromatic heterocycles. The minimum Gasteiger partial charge on any atom is -0.330 e. The van der Waals surface area contributed by atoms with Gasteiger partial charge in [0.2, 0.25) is 5.91 Å². The summed E-state index contributed by atoms with van der Waals surface area (Å²) in [5.74, 6) is 0.00937. The Bertz CT molecular complexity index is 365. The minimum atomic E-state index is 0.00937. The molecular weight excluding hydrogens is 214 g/mol. The molecule has 0 aliphatic carbocycles. The number of hydrogen-bond donors (Lipinski definition) is 2. The van der Waals surface area contributed by atoms with Crippen LogP contribution in [0.1, 0.15) is 12.0 Å². The lowest BCUT2D eigenvalue weighted by Gasteiger charge is -2.15. The fourth-order valence-corrected chi connectivity index (χ4v) is 1.61. The number of carbonyl (C=O) groups is 1. The SMILES string of the molecule is Cc1cccc(NC(=O)CN(C)CCCN)c1. The van der Waals surface area contributed by atoms with E-state index >= 15 is 0 Å². The zero-order valence-electron chi connectivity index (χ0n) is 10.6. The average molecular weight is 235 g/mol. The molecule has 0 aliphatic heterocycles. The van der Waals surface area contributed by atoms with Crippen molar-refractivity contribution < 1.29 is 4.79 Å². The third-order valence-electron chi connectivity index (χ3n) is 2.46. The van der Waals surface area contributed by atoms with Gasteiger partial charge in [-0.2, -0.15) is 0 Å². The molecule has 0 aliphatic rings. The van der Waals surface area contributed by atoms with E-state index in [1.165, 1.54) is 0 Å². The van der Waals surface area contributed by atoms with Crippen LogP contribution in [-0.2, 0) is 4.79 Å². The maximum absolute atomic E-state index is 11.7. The standard InChI is InChI=1S/C13H21N3O/c1-11-5-3-6-12(9-11)15-13(17)10-16(2)8-4-7-14/h3,5-6,9H,4,7-8,10,14H2,1-2H3,(H,15,17). The van der Waals surface area contributed by atoms with E-state index in [-0.39, 0.29) is 5.91 Å². The summed E-state index contributed by atoms with van der Waals surface area (Å²) in [5, 5.41) is 2.88. The van der Waals surface area contributed by atoms with Gasteiger partial charge < -0.3 is 11.1 Å². The van der Waals surface area contributed by atoms with E-state index in [1.807, 2.05) is 43.1 Å². The van der Waals surface area contributed by atoms with Crippen LogP contribution in [0.25, 0.3) is 0 Å². The summed E-state index contributed by atoms with van der Waals surface area (Å²) >= 11 is 0. The van der Waals surface area contributed by atoms with Crippen molar-refractivity contribution in [2.45, 2.75) is 13.3 Å². The van der Waals surface area contributed by atoms with Crippen molar-refractivity contribution in [3.8, 4) is 0 Å². The Balaban J connectivity index is 2.39. The molecule has 4 heteroatoms. The highest BCUT2D eigenvalue weighted by Gasteiger charge is 2.06. The lowest BCUT2D eigenvalue weighted by Crippen LogP contribution is -2.31. The van der Waals surface area contributed by atoms with Gasteiger partial charge in [-0.3, -0.25) is 9.69 Å². The molecule has 17 heavy (non-hydrogen) atoms. The van der Waals surface area contributed by atoms with Crippen LogP contribution in [0.5, 0.6) is 0 Å². The van der Waals surface area contributed by atoms with Crippen molar-refractivity contribution in [3.05, 3.63) is 29.8 Å². The summed E-state index contributed by atoms with van der Waals surface area (Å²) in [7, 11) is 1.92. The largest absolute Gasteiger partial charge is 0.330 e. The summed E-state index contributed by atoms with van der Waals surface area (Å²) in [4.78, 5) is 13.7. The molecular formula is C13H21N3O. The summed E-state index contributed by atoms with van der Waals surface area (Å²) in [6, 6.07) is 7.79. The molecule has 0 bridgehead atoms. The highest BCUT2D eigenvalue weighted by Crippen LogP contribution is 2.09. The number of rotatable bonds is 6. The van der Waals surface area contributed by atoms with Crippen LogP contribution in [-0.4, -0.2) is 37.5 Å². The molecule has 3 N–H and O–H groups in total. The fraction of sp³-hybridized carbons (Fsp3) is 0.462. The molecule has 0 saturated carbocycles. The molecule has 1 aromatic carbocycles. The number of nitrogens with zero attached hydrogens (tertiary/aromatic N) is 1. The Morgan fingerprint density at radius 1 is 1.47 bits per heavy atom. The van der Waals surface area contributed by atoms with Crippen LogP contribution in [0, 0.1) is 6.92 Å². The molecule has 0 saturated heterocycles. The molecule has 1 rings (SSSR count). The zero-order valence-corrected chi connectivity index (χ0v) is 10.6. The zero-order chi connectivity index (χ0) is 12.7. The quantitative estimate of drug-likeness (QED) is 0.779. The molecule has 1 aromatic rings. The molecule has 0 atom stereocenters. The number of nitrogens with two attached hydrogens (primary N) is 1. The van der Waals surface area contributed by atoms with Crippen molar-refractivity contribution in [2.75, 3.05) is 32.0 Å². The van der Waals surface area contributed by atoms with Gasteiger partial charge in [-0.15, -0.1) is 0 Å². The van der Waals surface area contributed by atoms with E-state index in [0.29, 0.717) is 13.1 Å². The first-order valence-electron chi connectivity index (χ1n) is 5.87. The van der Waals surface area contributed by atoms with Crippen LogP contribution in [0.15, 0.2) is 24.3 Å². The van der Waals surface area contributed by atoms with Crippen LogP contribution in [0.4, 0.5) is 5.69 Å². The molecule has 0 spiro atoms. The van der Waals surface area contributed by atoms with Gasteiger partial charge in [0.25, 0.3) is 0 Å². The normalized spacial score (nSPS) is 10.6. The van der Waals surface area contributed by atoms with E-state index in [2.05, 4.69) is 5.32 Å². The molecule has 4 nitrogen and oxygen atoms in total. The third-order valence-corrected chi connectivity index (χ3v) is 2.46. The molecule has 0 heterocycles. The van der Waals surface area contributed by atoms with Crippen molar-refractivity contribution in [1.29, 1.82) is 0 Å². The summed E-state index contributed by atoms with van der Waals surface area (Å²) in [5.41, 5.74) is 7.41. The van der Waals surface area contributed by atoms with Gasteiger partial charge in [-0.25, -0.2) is 0 Å². The van der Waals surface area contributed by atoms with Crippen molar-refractivity contribution in [2.24, 2.45) is 5.73 Å². The predicted molar refractivity (Wildman–Crippen MR) is 71.0 cm³/mol. The number of amides is 1. The summed E-state index contributed by atoms with van der Waals surface area (Å²) in [6.45, 7) is 3.90. The summed E-state index contributed by atoms with van der Waals surface area (Å²) in [6.07, 6.45) is 0.911. The van der Waals surface area contributed by atoms with Crippen LogP contribution < -0.4 is 11.1 Å². The van der Waals surface area contributed by atoms with Gasteiger partial charge in [0.05, 0.1) is 6.54 Å². The van der Waals surface area contributed by atoms with Gasteiger partial charge in [-0.05, 0) is 51.2 Å². The summed E-state index contributed by atoms with van der Waals surface area (Å²) < 4.78 is 0. The van der Waals surface area contributed by atoms with E-state index in [9.17, 15) is 4.79 Å². The smallest absolute Gasteiger partial charge is 0.238 e. The minimum absolute atomic E-state index is 0.00937. The predicted octanol–water partition coefficient (Wildman–Crippen LogP) is 1.21. The monoisotopic (exact) mass is 235 g/mol. The van der Waals surface area contributed by atoms with E-state index in [1.54, 1.807) is 0 Å². The first kappa shape index (κ1) is 13.7. The van der Waals surface area contributed by atoms with E-state index < -0.39 is 0 Å². The number of benzene rings is 1. The highest BCUT2D eigenvalue weighted by atomic mass is 16.2. The van der Waals surface area contributed by atoms with Crippen molar-refractivity contribution >= 4 is 11.6 Å². The molecule has 0 fully saturated rings. The number of likely N-dealkylation sites (N-methyl/N-ethyl adjacent to an activating group) is 1. The number of anilines is 1. The van der Waals surface area contributed by atoms with Gasteiger partial charge in [-0.1, -0.05) is 12.1 Å². The van der Waals surface area contributed by atoms with Gasteiger partial charge >= 0.3 is 0 Å². The van der Waals surface area contributed by atoms with Gasteiger partial charge in [0.15, 0.2) is 0 Å². The van der Waals surface area contributed by atoms with Crippen LogP contribution >= 0.6 is 0 Å². The van der Waals surface area contributed by atoms with E-state index in [0.717, 1.165) is 24.2 Å². The Kier molecular flexibility index (Phi) is 5.66. The second kappa shape index (κ2) is 7.04. The second-order valence-corrected chi connectivity index (χ2v) is 4.30. The first-order valence-corrected chi connectivity index (χ1v) is 5.87. The maximum atomic E-state index is 11.7. The average Bonchev–Trinajstić information content (AvgIpc) is 2.26. The van der Waals surface area contributed by atoms with Gasteiger partial charge in [0, 0.05) is 5.69 Å². The molecule has 94 valence electrons. The lowest BCUT2D eigenvalue weighted by atomic mass is 10.2. The molecule has 1 amide bonds. The van der Waals surface area contributed by atoms with Crippen molar-refractivity contribution in [3.63, 3.8) is 0 Å². The lowest BCUT2D eigenvalue weighted by molar-refractivity contribution is -0.117. The Morgan fingerprint density at radius 2 is 2.24 bits per heavy atom. The van der Waals surface area contributed by atoms with Crippen molar-refractivity contribution in [1.82, 2.24) is 4.90 Å². The fourth-order valence-electron chi connectivity index (χ4n) is 1.61. The maximum Gasteiger partial charge on any atom is 0.238 e. The Morgan fingerprint density at radius 3 is 2.88 bits per heavy atom. The highest BCUT2D eigenvalue weighted by molar-refractivity contribution is 5.92. The topological polar surface area (TPSA) is 58.4 Å².